The molecule has 6 atom stereocenters. The summed E-state index contributed by atoms with van der Waals surface area (Å²) in [5.41, 5.74) is 2.89. The maximum atomic E-state index is 12.1. The normalized spacial score (nSPS) is 32.5. The maximum Gasteiger partial charge on any atom is 0.305 e. The SMILES string of the molecule is C=CCc1cnc(-c2c[nH]c3ncc(Cl)cc23)nc1NC(CC(=O)O)C12CC3CC4CC(C1)C42C3. The van der Waals surface area contributed by atoms with E-state index < -0.39 is 5.97 Å². The number of pyridine rings is 1. The maximum absolute atomic E-state index is 12.1. The zero-order chi connectivity index (χ0) is 23.9. The van der Waals surface area contributed by atoms with Crippen molar-refractivity contribution in [2.45, 2.75) is 51.0 Å². The summed E-state index contributed by atoms with van der Waals surface area (Å²) in [6, 6.07) is 1.71. The molecule has 7 rings (SSSR count). The summed E-state index contributed by atoms with van der Waals surface area (Å²) in [6.45, 7) is 3.90. The summed E-state index contributed by atoms with van der Waals surface area (Å²) >= 11 is 6.21. The molecule has 0 aromatic carbocycles. The molecule has 0 saturated heterocycles. The zero-order valence-corrected chi connectivity index (χ0v) is 20.2. The first-order valence-corrected chi connectivity index (χ1v) is 12.9. The lowest BCUT2D eigenvalue weighted by molar-refractivity contribution is -0.251. The quantitative estimate of drug-likeness (QED) is 0.362. The average Bonchev–Trinajstić information content (AvgIpc) is 3.46. The molecule has 3 heterocycles. The molecular weight excluding hydrogens is 462 g/mol. The highest BCUT2D eigenvalue weighted by Gasteiger charge is 2.81. The summed E-state index contributed by atoms with van der Waals surface area (Å²) < 4.78 is 0. The standard InChI is InChI=1S/C27H28ClN5O2/c1-2-3-15-11-29-25(20-13-31-24-19(20)6-18(28)12-30-24)33-23(15)32-21(7-22(34)35)26-8-14-4-16-5-17(10-26)27(16,26)9-14/h2,6,11-14,16-17,21H,1,3-5,7-10H2,(H,30,31)(H,34,35)(H,29,32,33). The molecule has 180 valence electrons. The van der Waals surface area contributed by atoms with Crippen LogP contribution in [-0.4, -0.2) is 37.1 Å². The Kier molecular flexibility index (Phi) is 4.45. The van der Waals surface area contributed by atoms with Gasteiger partial charge in [-0.25, -0.2) is 15.0 Å². The zero-order valence-electron chi connectivity index (χ0n) is 19.4. The third kappa shape index (κ3) is 2.79. The number of fused-ring (bicyclic) bond motifs is 2. The Morgan fingerprint density at radius 3 is 2.94 bits per heavy atom. The van der Waals surface area contributed by atoms with Gasteiger partial charge in [-0.05, 0) is 73.2 Å². The van der Waals surface area contributed by atoms with Crippen molar-refractivity contribution >= 4 is 34.4 Å². The van der Waals surface area contributed by atoms with E-state index in [-0.39, 0.29) is 17.9 Å². The highest BCUT2D eigenvalue weighted by atomic mass is 35.5. The largest absolute Gasteiger partial charge is 0.481 e. The van der Waals surface area contributed by atoms with Crippen molar-refractivity contribution in [2.24, 2.45) is 28.6 Å². The first-order chi connectivity index (χ1) is 16.9. The van der Waals surface area contributed by atoms with E-state index in [1.807, 2.05) is 24.5 Å². The van der Waals surface area contributed by atoms with E-state index in [2.05, 4.69) is 26.8 Å². The average molecular weight is 490 g/mol. The van der Waals surface area contributed by atoms with Gasteiger partial charge < -0.3 is 15.4 Å². The van der Waals surface area contributed by atoms with Crippen molar-refractivity contribution in [3.8, 4) is 11.4 Å². The van der Waals surface area contributed by atoms with E-state index in [4.69, 9.17) is 16.6 Å². The van der Waals surface area contributed by atoms with Crippen LogP contribution < -0.4 is 5.32 Å². The van der Waals surface area contributed by atoms with Gasteiger partial charge in [-0.2, -0.15) is 0 Å². The van der Waals surface area contributed by atoms with E-state index in [1.54, 1.807) is 6.20 Å². The van der Waals surface area contributed by atoms with Crippen LogP contribution in [0.5, 0.6) is 0 Å². The molecule has 7 nitrogen and oxygen atoms in total. The highest BCUT2D eigenvalue weighted by molar-refractivity contribution is 6.31. The number of nitrogens with zero attached hydrogens (tertiary/aromatic N) is 3. The number of anilines is 1. The number of H-pyrrole nitrogens is 1. The van der Waals surface area contributed by atoms with Crippen LogP contribution in [-0.2, 0) is 11.2 Å². The van der Waals surface area contributed by atoms with Crippen LogP contribution in [0, 0.1) is 28.6 Å². The van der Waals surface area contributed by atoms with E-state index in [9.17, 15) is 9.90 Å². The Labute approximate surface area is 208 Å². The van der Waals surface area contributed by atoms with Gasteiger partial charge >= 0.3 is 5.97 Å². The highest BCUT2D eigenvalue weighted by Crippen LogP contribution is 2.87. The molecule has 4 fully saturated rings. The fraction of sp³-hybridized carbons (Fsp3) is 0.481. The number of halogens is 1. The van der Waals surface area contributed by atoms with E-state index >= 15 is 0 Å². The molecule has 2 bridgehead atoms. The van der Waals surface area contributed by atoms with Crippen molar-refractivity contribution in [1.82, 2.24) is 19.9 Å². The minimum absolute atomic E-state index is 0.0661. The van der Waals surface area contributed by atoms with Crippen molar-refractivity contribution in [1.29, 1.82) is 0 Å². The molecule has 6 unspecified atom stereocenters. The van der Waals surface area contributed by atoms with Gasteiger partial charge in [0.25, 0.3) is 0 Å². The fourth-order valence-corrected chi connectivity index (χ4v) is 8.88. The van der Waals surface area contributed by atoms with Crippen molar-refractivity contribution < 1.29 is 9.90 Å². The summed E-state index contributed by atoms with van der Waals surface area (Å²) in [5.74, 6) is 2.83. The summed E-state index contributed by atoms with van der Waals surface area (Å²) in [5, 5.41) is 15.0. The number of carbonyl (C=O) groups is 1. The lowest BCUT2D eigenvalue weighted by Gasteiger charge is -2.75. The van der Waals surface area contributed by atoms with Gasteiger partial charge in [-0.3, -0.25) is 4.79 Å². The van der Waals surface area contributed by atoms with Crippen LogP contribution in [0.15, 0.2) is 37.3 Å². The second kappa shape index (κ2) is 7.29. The third-order valence-electron chi connectivity index (χ3n) is 9.79. The van der Waals surface area contributed by atoms with Gasteiger partial charge in [0.05, 0.1) is 11.4 Å². The van der Waals surface area contributed by atoms with Gasteiger partial charge in [0.1, 0.15) is 11.5 Å². The summed E-state index contributed by atoms with van der Waals surface area (Å²) in [4.78, 5) is 29.2. The Hall–Kier alpha value is -2.93. The van der Waals surface area contributed by atoms with Crippen LogP contribution in [0.2, 0.25) is 5.02 Å². The predicted molar refractivity (Wildman–Crippen MR) is 134 cm³/mol. The number of hydrogen-bond donors (Lipinski definition) is 3. The third-order valence-corrected chi connectivity index (χ3v) is 9.99. The van der Waals surface area contributed by atoms with Crippen LogP contribution in [0.1, 0.15) is 44.1 Å². The molecular formula is C27H28ClN5O2. The molecule has 3 aromatic heterocycles. The lowest BCUT2D eigenvalue weighted by Crippen LogP contribution is -2.71. The van der Waals surface area contributed by atoms with E-state index in [1.165, 1.54) is 19.3 Å². The topological polar surface area (TPSA) is 104 Å². The molecule has 4 aliphatic rings. The molecule has 1 spiro atoms. The summed E-state index contributed by atoms with van der Waals surface area (Å²) in [7, 11) is 0. The van der Waals surface area contributed by atoms with Gasteiger partial charge in [0.2, 0.25) is 0 Å². The Balaban J connectivity index is 1.29. The lowest BCUT2D eigenvalue weighted by atomic mass is 9.30. The summed E-state index contributed by atoms with van der Waals surface area (Å²) in [6.07, 6.45) is 14.1. The van der Waals surface area contributed by atoms with Gasteiger partial charge in [-0.1, -0.05) is 17.7 Å². The molecule has 3 N–H and O–H groups in total. The Bertz CT molecular complexity index is 1390. The monoisotopic (exact) mass is 489 g/mol. The van der Waals surface area contributed by atoms with Crippen LogP contribution in [0.4, 0.5) is 5.82 Å². The van der Waals surface area contributed by atoms with Gasteiger partial charge in [-0.15, -0.1) is 6.58 Å². The van der Waals surface area contributed by atoms with Crippen LogP contribution >= 0.6 is 11.6 Å². The number of carboxylic acids is 1. The van der Waals surface area contributed by atoms with Crippen LogP contribution in [0.25, 0.3) is 22.4 Å². The molecule has 0 aliphatic heterocycles. The smallest absolute Gasteiger partial charge is 0.305 e. The first-order valence-electron chi connectivity index (χ1n) is 12.5. The van der Waals surface area contributed by atoms with E-state index in [0.717, 1.165) is 52.8 Å². The molecule has 4 saturated carbocycles. The van der Waals surface area contributed by atoms with Gasteiger partial charge in [0, 0.05) is 41.1 Å². The number of aromatic amines is 1. The number of hydrogen-bond acceptors (Lipinski definition) is 5. The molecule has 4 aliphatic carbocycles. The number of aromatic nitrogens is 4. The molecule has 8 heteroatoms. The number of aliphatic carboxylic acids is 1. The Morgan fingerprint density at radius 1 is 1.29 bits per heavy atom. The first kappa shape index (κ1) is 21.4. The van der Waals surface area contributed by atoms with Crippen molar-refractivity contribution in [3.05, 3.63) is 47.9 Å². The number of carboxylic acid groups (broad SMARTS) is 1. The van der Waals surface area contributed by atoms with Crippen LogP contribution in [0.3, 0.4) is 0 Å². The molecule has 0 radical (unpaired) electrons. The van der Waals surface area contributed by atoms with E-state index in [0.29, 0.717) is 28.5 Å². The van der Waals surface area contributed by atoms with Crippen molar-refractivity contribution in [3.63, 3.8) is 0 Å². The second-order valence-corrected chi connectivity index (χ2v) is 11.6. The number of rotatable bonds is 8. The van der Waals surface area contributed by atoms with Crippen molar-refractivity contribution in [2.75, 3.05) is 5.32 Å². The minimum atomic E-state index is -0.757. The number of allylic oxidation sites excluding steroid dienone is 1. The minimum Gasteiger partial charge on any atom is -0.481 e. The second-order valence-electron chi connectivity index (χ2n) is 11.1. The Morgan fingerprint density at radius 2 is 2.17 bits per heavy atom. The molecule has 35 heavy (non-hydrogen) atoms. The number of nitrogens with one attached hydrogen (secondary N) is 2. The van der Waals surface area contributed by atoms with Gasteiger partial charge in [0.15, 0.2) is 5.82 Å². The molecule has 3 aromatic rings. The molecule has 0 amide bonds. The predicted octanol–water partition coefficient (Wildman–Crippen LogP) is 5.48. The fourth-order valence-electron chi connectivity index (χ4n) is 8.73.